The maximum atomic E-state index is 13.8. The molecular weight excluding hydrogens is 579 g/mol. The molecule has 1 fully saturated rings. The summed E-state index contributed by atoms with van der Waals surface area (Å²) in [5.41, 5.74) is -3.58. The van der Waals surface area contributed by atoms with Crippen molar-refractivity contribution in [2.75, 3.05) is 18.5 Å². The molecule has 4 rings (SSSR count). The van der Waals surface area contributed by atoms with Gasteiger partial charge in [-0.3, -0.25) is 4.90 Å². The lowest BCUT2D eigenvalue weighted by molar-refractivity contribution is -0.143. The quantitative estimate of drug-likeness (QED) is 0.227. The van der Waals surface area contributed by atoms with E-state index in [1.807, 2.05) is 14.0 Å². The van der Waals surface area contributed by atoms with E-state index in [1.54, 1.807) is 0 Å². The van der Waals surface area contributed by atoms with Crippen LogP contribution in [-0.4, -0.2) is 38.7 Å². The van der Waals surface area contributed by atoms with Crippen molar-refractivity contribution >= 4 is 5.95 Å². The van der Waals surface area contributed by atoms with Crippen molar-refractivity contribution < 1.29 is 39.5 Å². The average Bonchev–Trinajstić information content (AvgIpc) is 3.58. The fourth-order valence-electron chi connectivity index (χ4n) is 4.98. The highest BCUT2D eigenvalue weighted by Gasteiger charge is 2.38. The van der Waals surface area contributed by atoms with Crippen LogP contribution in [0.15, 0.2) is 36.4 Å². The van der Waals surface area contributed by atoms with Crippen molar-refractivity contribution in [2.24, 2.45) is 13.0 Å². The minimum Gasteiger partial charge on any atom is -0.330 e. The van der Waals surface area contributed by atoms with Gasteiger partial charge in [0, 0.05) is 25.7 Å². The second-order valence-corrected chi connectivity index (χ2v) is 10.6. The molecule has 0 radical (unpaired) electrons. The number of halogens is 9. The van der Waals surface area contributed by atoms with Gasteiger partial charge in [-0.15, -0.1) is 5.10 Å². The summed E-state index contributed by atoms with van der Waals surface area (Å²) in [6.45, 7) is 1.72. The van der Waals surface area contributed by atoms with E-state index >= 15 is 0 Å². The molecule has 0 saturated heterocycles. The fraction of sp³-hybridized carbons (Fsp3) is 0.519. The molecule has 42 heavy (non-hydrogen) atoms. The highest BCUT2D eigenvalue weighted by molar-refractivity contribution is 5.42. The maximum absolute atomic E-state index is 13.8. The third-order valence-electron chi connectivity index (χ3n) is 7.15. The molecule has 2 aromatic carbocycles. The number of aromatic nitrogens is 4. The van der Waals surface area contributed by atoms with E-state index < -0.39 is 41.8 Å². The summed E-state index contributed by atoms with van der Waals surface area (Å²) in [4.78, 5) is 4.30. The Morgan fingerprint density at radius 3 is 1.93 bits per heavy atom. The number of hydrogen-bond donors (Lipinski definition) is 0. The van der Waals surface area contributed by atoms with Gasteiger partial charge in [-0.05, 0) is 84.5 Å². The second-order valence-electron chi connectivity index (χ2n) is 10.6. The first-order chi connectivity index (χ1) is 19.5. The summed E-state index contributed by atoms with van der Waals surface area (Å²) in [6, 6.07) is 4.18. The highest BCUT2D eigenvalue weighted by Crippen LogP contribution is 2.39. The number of nitrogens with zero attached hydrogens (tertiary/aromatic N) is 6. The van der Waals surface area contributed by atoms with Crippen LogP contribution in [0.3, 0.4) is 0 Å². The van der Waals surface area contributed by atoms with Crippen molar-refractivity contribution in [1.82, 2.24) is 25.1 Å². The summed E-state index contributed by atoms with van der Waals surface area (Å²) in [5.74, 6) is 0.317. The first kappa shape index (κ1) is 31.6. The van der Waals surface area contributed by atoms with Crippen LogP contribution >= 0.6 is 0 Å². The molecule has 0 bridgehead atoms. The molecule has 1 aromatic heterocycles. The summed E-state index contributed by atoms with van der Waals surface area (Å²) in [5, 5.41) is 11.6. The van der Waals surface area contributed by atoms with Crippen LogP contribution in [0.1, 0.15) is 65.6 Å². The van der Waals surface area contributed by atoms with Gasteiger partial charge in [-0.2, -0.15) is 44.3 Å². The first-order valence-corrected chi connectivity index (χ1v) is 13.1. The molecule has 0 amide bonds. The minimum atomic E-state index is -5.07. The number of tetrazole rings is 1. The molecule has 0 aliphatic heterocycles. The minimum absolute atomic E-state index is 0.0148. The van der Waals surface area contributed by atoms with Crippen LogP contribution in [0.2, 0.25) is 0 Å². The van der Waals surface area contributed by atoms with Crippen LogP contribution in [-0.2, 0) is 38.7 Å². The smallest absolute Gasteiger partial charge is 0.330 e. The lowest BCUT2D eigenvalue weighted by Crippen LogP contribution is -2.30. The first-order valence-electron chi connectivity index (χ1n) is 13.1. The Morgan fingerprint density at radius 2 is 1.45 bits per heavy atom. The standard InChI is InChI=1S/C27H29F9N6/c1-4-23(40(2)13-16-5-6-16)22-8-7-19(25(28,29)30)11-18(22)15-42(24-37-39-41(3)38-24)14-17-9-20(26(31,32)33)12-21(10-17)27(34,35)36/h7-12,16,23H,4-6,13-15H2,1-3H3. The third-order valence-corrected chi connectivity index (χ3v) is 7.15. The predicted octanol–water partition coefficient (Wildman–Crippen LogP) is 7.27. The molecular formula is C27H29F9N6. The van der Waals surface area contributed by atoms with Crippen molar-refractivity contribution in [2.45, 2.75) is 63.8 Å². The largest absolute Gasteiger partial charge is 0.416 e. The molecule has 6 nitrogen and oxygen atoms in total. The molecule has 0 spiro atoms. The molecule has 230 valence electrons. The number of alkyl halides is 9. The summed E-state index contributed by atoms with van der Waals surface area (Å²) in [6.07, 6.45) is -12.2. The number of benzene rings is 2. The topological polar surface area (TPSA) is 50.1 Å². The van der Waals surface area contributed by atoms with Gasteiger partial charge in [0.1, 0.15) is 0 Å². The Morgan fingerprint density at radius 1 is 0.857 bits per heavy atom. The maximum Gasteiger partial charge on any atom is 0.416 e. The monoisotopic (exact) mass is 608 g/mol. The summed E-state index contributed by atoms with van der Waals surface area (Å²) >= 11 is 0. The van der Waals surface area contributed by atoms with Crippen LogP contribution in [0, 0.1) is 5.92 Å². The molecule has 1 aliphatic rings. The number of hydrogen-bond acceptors (Lipinski definition) is 5. The number of anilines is 1. The van der Waals surface area contributed by atoms with E-state index in [0.717, 1.165) is 36.3 Å². The highest BCUT2D eigenvalue weighted by atomic mass is 19.4. The van der Waals surface area contributed by atoms with Crippen LogP contribution in [0.25, 0.3) is 0 Å². The van der Waals surface area contributed by atoms with Crippen molar-refractivity contribution in [1.29, 1.82) is 0 Å². The van der Waals surface area contributed by atoms with Gasteiger partial charge in [0.25, 0.3) is 5.95 Å². The molecule has 1 atom stereocenters. The normalized spacial score (nSPS) is 15.4. The zero-order chi connectivity index (χ0) is 31.0. The molecule has 1 aliphatic carbocycles. The molecule has 1 unspecified atom stereocenters. The SMILES string of the molecule is CCC(c1ccc(C(F)(F)F)cc1CN(Cc1cc(C(F)(F)F)cc(C(F)(F)F)c1)c1nnn(C)n1)N(C)CC1CC1. The van der Waals surface area contributed by atoms with E-state index in [9.17, 15) is 39.5 Å². The fourth-order valence-corrected chi connectivity index (χ4v) is 4.98. The Kier molecular flexibility index (Phi) is 8.82. The lowest BCUT2D eigenvalue weighted by atomic mass is 9.94. The van der Waals surface area contributed by atoms with Crippen LogP contribution < -0.4 is 4.90 Å². The molecule has 1 heterocycles. The van der Waals surface area contributed by atoms with Crippen molar-refractivity contribution in [3.63, 3.8) is 0 Å². The zero-order valence-electron chi connectivity index (χ0n) is 22.9. The molecule has 0 N–H and O–H groups in total. The molecule has 15 heteroatoms. The Balaban J connectivity index is 1.80. The van der Waals surface area contributed by atoms with Crippen molar-refractivity contribution in [3.05, 3.63) is 69.8 Å². The van der Waals surface area contributed by atoms with E-state index in [-0.39, 0.29) is 35.7 Å². The van der Waals surface area contributed by atoms with E-state index in [1.165, 1.54) is 18.0 Å². The second kappa shape index (κ2) is 11.7. The van der Waals surface area contributed by atoms with Gasteiger partial charge in [0.15, 0.2) is 0 Å². The molecule has 1 saturated carbocycles. The van der Waals surface area contributed by atoms with Gasteiger partial charge in [0.05, 0.1) is 23.7 Å². The van der Waals surface area contributed by atoms with Crippen LogP contribution in [0.4, 0.5) is 45.5 Å². The average molecular weight is 609 g/mol. The van der Waals surface area contributed by atoms with E-state index in [2.05, 4.69) is 20.3 Å². The third kappa shape index (κ3) is 7.72. The van der Waals surface area contributed by atoms with Gasteiger partial charge in [0.2, 0.25) is 0 Å². The van der Waals surface area contributed by atoms with E-state index in [0.29, 0.717) is 30.0 Å². The number of aryl methyl sites for hydroxylation is 1. The van der Waals surface area contributed by atoms with Gasteiger partial charge < -0.3 is 4.90 Å². The Hall–Kier alpha value is -3.36. The van der Waals surface area contributed by atoms with Gasteiger partial charge in [-0.25, -0.2) is 0 Å². The summed E-state index contributed by atoms with van der Waals surface area (Å²) in [7, 11) is 3.27. The van der Waals surface area contributed by atoms with E-state index in [4.69, 9.17) is 0 Å². The predicted molar refractivity (Wildman–Crippen MR) is 135 cm³/mol. The Labute approximate surface area is 236 Å². The zero-order valence-corrected chi connectivity index (χ0v) is 22.9. The van der Waals surface area contributed by atoms with Crippen LogP contribution in [0.5, 0.6) is 0 Å². The lowest BCUT2D eigenvalue weighted by Gasteiger charge is -2.31. The van der Waals surface area contributed by atoms with Gasteiger partial charge in [-0.1, -0.05) is 18.1 Å². The number of rotatable bonds is 10. The van der Waals surface area contributed by atoms with Crippen molar-refractivity contribution in [3.8, 4) is 0 Å². The Bertz CT molecular complexity index is 1340. The summed E-state index contributed by atoms with van der Waals surface area (Å²) < 4.78 is 122. The molecule has 3 aromatic rings. The van der Waals surface area contributed by atoms with Gasteiger partial charge >= 0.3 is 18.5 Å².